The van der Waals surface area contributed by atoms with Crippen LogP contribution in [0, 0.1) is 5.41 Å². The summed E-state index contributed by atoms with van der Waals surface area (Å²) < 4.78 is 11.3. The number of hydrogen-bond acceptors (Lipinski definition) is 4. The first-order chi connectivity index (χ1) is 12.4. The number of nitrogens with one attached hydrogen (secondary N) is 1. The van der Waals surface area contributed by atoms with E-state index in [4.69, 9.17) is 32.2 Å². The van der Waals surface area contributed by atoms with Crippen LogP contribution in [0.15, 0.2) is 42.5 Å². The minimum atomic E-state index is -0.530. The second kappa shape index (κ2) is 8.44. The molecule has 0 bridgehead atoms. The van der Waals surface area contributed by atoms with E-state index >= 15 is 0 Å². The molecular weight excluding hydrogens is 356 g/mol. The van der Waals surface area contributed by atoms with E-state index in [1.54, 1.807) is 12.1 Å². The zero-order valence-electron chi connectivity index (χ0n) is 14.8. The number of guanidine groups is 1. The Balaban J connectivity index is 2.34. The van der Waals surface area contributed by atoms with E-state index in [1.807, 2.05) is 30.3 Å². The van der Waals surface area contributed by atoms with Crippen molar-refractivity contribution in [1.29, 1.82) is 5.41 Å². The Kier molecular flexibility index (Phi) is 6.30. The molecule has 0 heterocycles. The lowest BCUT2D eigenvalue weighted by Crippen LogP contribution is -2.45. The first-order valence-electron chi connectivity index (χ1n) is 7.75. The number of carbonyl (C=O) groups is 1. The highest BCUT2D eigenvalue weighted by Crippen LogP contribution is 2.43. The number of hydrogen-bond donors (Lipinski definition) is 2. The van der Waals surface area contributed by atoms with Crippen molar-refractivity contribution in [3.63, 3.8) is 0 Å². The third-order valence-electron chi connectivity index (χ3n) is 3.76. The van der Waals surface area contributed by atoms with Crippen LogP contribution in [-0.2, 0) is 6.61 Å². The summed E-state index contributed by atoms with van der Waals surface area (Å²) in [7, 11) is 4.39. The van der Waals surface area contributed by atoms with Gasteiger partial charge in [-0.05, 0) is 17.7 Å². The number of halogens is 1. The van der Waals surface area contributed by atoms with E-state index in [0.717, 1.165) is 10.5 Å². The summed E-state index contributed by atoms with van der Waals surface area (Å²) in [5.41, 5.74) is 6.70. The molecule has 0 fully saturated rings. The first-order valence-corrected chi connectivity index (χ1v) is 8.13. The number of carbonyl (C=O) groups excluding carboxylic acids is 1. The Labute approximate surface area is 157 Å². The molecule has 2 aromatic rings. The van der Waals surface area contributed by atoms with Crippen molar-refractivity contribution in [3.8, 4) is 11.5 Å². The Morgan fingerprint density at radius 3 is 2.42 bits per heavy atom. The van der Waals surface area contributed by atoms with Crippen LogP contribution in [0.2, 0.25) is 5.02 Å². The van der Waals surface area contributed by atoms with Gasteiger partial charge < -0.3 is 15.2 Å². The molecule has 0 saturated carbocycles. The molecule has 138 valence electrons. The lowest BCUT2D eigenvalue weighted by Gasteiger charge is -2.26. The minimum Gasteiger partial charge on any atom is -0.491 e. The van der Waals surface area contributed by atoms with Crippen LogP contribution >= 0.6 is 11.6 Å². The Bertz CT molecular complexity index is 799. The van der Waals surface area contributed by atoms with Crippen LogP contribution < -0.4 is 20.1 Å². The van der Waals surface area contributed by atoms with Gasteiger partial charge in [0.15, 0.2) is 17.5 Å². The summed E-state index contributed by atoms with van der Waals surface area (Å²) in [6, 6.07) is 12.4. The van der Waals surface area contributed by atoms with Crippen molar-refractivity contribution < 1.29 is 14.3 Å². The Morgan fingerprint density at radius 1 is 1.19 bits per heavy atom. The molecule has 3 N–H and O–H groups in total. The van der Waals surface area contributed by atoms with Crippen molar-refractivity contribution in [1.82, 2.24) is 4.90 Å². The van der Waals surface area contributed by atoms with Crippen LogP contribution in [0.4, 0.5) is 10.5 Å². The predicted octanol–water partition coefficient (Wildman–Crippen LogP) is 3.31. The lowest BCUT2D eigenvalue weighted by molar-refractivity contribution is 0.233. The highest BCUT2D eigenvalue weighted by atomic mass is 35.5. The van der Waals surface area contributed by atoms with Crippen molar-refractivity contribution in [3.05, 3.63) is 53.1 Å². The summed E-state index contributed by atoms with van der Waals surface area (Å²) >= 11 is 6.29. The van der Waals surface area contributed by atoms with Gasteiger partial charge in [0.1, 0.15) is 12.3 Å². The standard InChI is InChI=1S/C18H21ClN4O3/c1-22(18(24)23(2)17(20)21)15-13(19)9-10-14(16(15)25-3)26-11-12-7-5-4-6-8-12/h4-10H,11H2,1-3H3,(H3,20,21). The number of methoxy groups -OCH3 is 1. The number of nitrogens with zero attached hydrogens (tertiary/aromatic N) is 2. The van der Waals surface area contributed by atoms with Gasteiger partial charge in [-0.1, -0.05) is 41.9 Å². The molecule has 7 nitrogen and oxygen atoms in total. The highest BCUT2D eigenvalue weighted by molar-refractivity contribution is 6.34. The van der Waals surface area contributed by atoms with E-state index in [1.165, 1.54) is 26.1 Å². The molecule has 2 rings (SSSR count). The molecule has 0 aromatic heterocycles. The normalized spacial score (nSPS) is 10.2. The smallest absolute Gasteiger partial charge is 0.330 e. The van der Waals surface area contributed by atoms with E-state index in [-0.39, 0.29) is 5.96 Å². The maximum atomic E-state index is 12.5. The summed E-state index contributed by atoms with van der Waals surface area (Å²) in [5, 5.41) is 7.72. The number of ether oxygens (including phenoxy) is 2. The topological polar surface area (TPSA) is 91.9 Å². The van der Waals surface area contributed by atoms with Crippen molar-refractivity contribution in [2.45, 2.75) is 6.61 Å². The lowest BCUT2D eigenvalue weighted by atomic mass is 10.2. The number of rotatable bonds is 5. The summed E-state index contributed by atoms with van der Waals surface area (Å²) in [6.45, 7) is 0.337. The maximum Gasteiger partial charge on any atom is 0.330 e. The van der Waals surface area contributed by atoms with Gasteiger partial charge in [-0.15, -0.1) is 0 Å². The van der Waals surface area contributed by atoms with Gasteiger partial charge in [0.2, 0.25) is 0 Å². The molecule has 0 aliphatic rings. The van der Waals surface area contributed by atoms with E-state index in [0.29, 0.717) is 28.8 Å². The van der Waals surface area contributed by atoms with E-state index in [2.05, 4.69) is 0 Å². The number of benzene rings is 2. The average Bonchev–Trinajstić information content (AvgIpc) is 2.65. The van der Waals surface area contributed by atoms with Crippen molar-refractivity contribution in [2.24, 2.45) is 5.73 Å². The quantitative estimate of drug-likeness (QED) is 0.618. The number of urea groups is 1. The third kappa shape index (κ3) is 4.18. The average molecular weight is 377 g/mol. The van der Waals surface area contributed by atoms with Crippen molar-refractivity contribution >= 4 is 29.3 Å². The Hall–Kier alpha value is -2.93. The molecule has 0 saturated heterocycles. The number of anilines is 1. The zero-order chi connectivity index (χ0) is 19.3. The van der Waals surface area contributed by atoms with Crippen molar-refractivity contribution in [2.75, 3.05) is 26.1 Å². The molecule has 8 heteroatoms. The number of amides is 2. The molecule has 0 spiro atoms. The molecule has 0 atom stereocenters. The van der Waals surface area contributed by atoms with Gasteiger partial charge in [0.25, 0.3) is 0 Å². The van der Waals surface area contributed by atoms with Crippen LogP contribution in [0.5, 0.6) is 11.5 Å². The van der Waals surface area contributed by atoms with E-state index in [9.17, 15) is 4.79 Å². The fourth-order valence-corrected chi connectivity index (χ4v) is 2.59. The molecule has 2 aromatic carbocycles. The SMILES string of the molecule is COc1c(OCc2ccccc2)ccc(Cl)c1N(C)C(=O)N(C)C(=N)N. The second-order valence-electron chi connectivity index (χ2n) is 5.49. The summed E-state index contributed by atoms with van der Waals surface area (Å²) in [5.74, 6) is 0.385. The fraction of sp³-hybridized carbons (Fsp3) is 0.222. The maximum absolute atomic E-state index is 12.5. The first kappa shape index (κ1) is 19.4. The van der Waals surface area contributed by atoms with Gasteiger partial charge in [-0.3, -0.25) is 15.2 Å². The van der Waals surface area contributed by atoms with Crippen LogP contribution in [0.25, 0.3) is 0 Å². The van der Waals surface area contributed by atoms with Crippen LogP contribution in [0.3, 0.4) is 0 Å². The third-order valence-corrected chi connectivity index (χ3v) is 4.06. The fourth-order valence-electron chi connectivity index (χ4n) is 2.31. The molecule has 0 radical (unpaired) electrons. The highest BCUT2D eigenvalue weighted by Gasteiger charge is 2.25. The van der Waals surface area contributed by atoms with E-state index < -0.39 is 6.03 Å². The molecule has 26 heavy (non-hydrogen) atoms. The Morgan fingerprint density at radius 2 is 1.85 bits per heavy atom. The monoisotopic (exact) mass is 376 g/mol. The molecule has 0 aliphatic heterocycles. The summed E-state index contributed by atoms with van der Waals surface area (Å²) in [4.78, 5) is 14.7. The van der Waals surface area contributed by atoms with Gasteiger partial charge in [-0.25, -0.2) is 4.79 Å². The molecule has 0 unspecified atom stereocenters. The summed E-state index contributed by atoms with van der Waals surface area (Å²) in [6.07, 6.45) is 0. The van der Waals surface area contributed by atoms with Gasteiger partial charge >= 0.3 is 6.03 Å². The molecule has 0 aliphatic carbocycles. The predicted molar refractivity (Wildman–Crippen MR) is 102 cm³/mol. The van der Waals surface area contributed by atoms with Gasteiger partial charge in [0.05, 0.1) is 12.1 Å². The largest absolute Gasteiger partial charge is 0.491 e. The van der Waals surface area contributed by atoms with Crippen LogP contribution in [-0.4, -0.2) is 38.1 Å². The molecule has 2 amide bonds. The number of nitrogens with two attached hydrogens (primary N) is 1. The second-order valence-corrected chi connectivity index (χ2v) is 5.89. The van der Waals surface area contributed by atoms with Gasteiger partial charge in [-0.2, -0.15) is 0 Å². The van der Waals surface area contributed by atoms with Crippen LogP contribution in [0.1, 0.15) is 5.56 Å². The molecular formula is C18H21ClN4O3. The minimum absolute atomic E-state index is 0.307. The van der Waals surface area contributed by atoms with Gasteiger partial charge in [0, 0.05) is 14.1 Å². The zero-order valence-corrected chi connectivity index (χ0v) is 15.6.